The van der Waals surface area contributed by atoms with Gasteiger partial charge in [-0.05, 0) is 109 Å². The van der Waals surface area contributed by atoms with Crippen molar-refractivity contribution in [3.8, 4) is 22.3 Å². The average molecular weight is 694 g/mol. The fraction of sp³-hybridized carbons (Fsp3) is 0.415. The summed E-state index contributed by atoms with van der Waals surface area (Å²) in [4.78, 5) is 2.43. The zero-order valence-electron chi connectivity index (χ0n) is 28.2. The first-order valence-electron chi connectivity index (χ1n) is 17.7. The molecule has 0 radical (unpaired) electrons. The lowest BCUT2D eigenvalue weighted by atomic mass is 9.74. The van der Waals surface area contributed by atoms with Crippen molar-refractivity contribution in [3.63, 3.8) is 0 Å². The molecule has 1 aliphatic carbocycles. The number of likely N-dealkylation sites (tertiary alicyclic amines) is 1. The number of hydrogen-bond acceptors (Lipinski definition) is 3. The highest BCUT2D eigenvalue weighted by molar-refractivity contribution is 5.81. The van der Waals surface area contributed by atoms with Gasteiger partial charge in [-0.3, -0.25) is 4.90 Å². The summed E-state index contributed by atoms with van der Waals surface area (Å²) >= 11 is 0. The van der Waals surface area contributed by atoms with Gasteiger partial charge in [0.15, 0.2) is 0 Å². The van der Waals surface area contributed by atoms with Crippen LogP contribution in [-0.4, -0.2) is 50.3 Å². The summed E-state index contributed by atoms with van der Waals surface area (Å²) in [6.45, 7) is 3.83. The summed E-state index contributed by atoms with van der Waals surface area (Å²) in [5, 5.41) is 6.40. The molecule has 6 rings (SSSR count). The lowest BCUT2D eigenvalue weighted by molar-refractivity contribution is -0.137. The number of piperidine rings is 1. The minimum absolute atomic E-state index is 0.248. The molecule has 3 nitrogen and oxygen atoms in total. The van der Waals surface area contributed by atoms with Crippen LogP contribution in [0.3, 0.4) is 0 Å². The number of halogens is 6. The Hall–Kier alpha value is -3.66. The van der Waals surface area contributed by atoms with Crippen LogP contribution in [0.15, 0.2) is 97.1 Å². The Morgan fingerprint density at radius 1 is 0.660 bits per heavy atom. The smallest absolute Gasteiger partial charge is 0.316 e. The van der Waals surface area contributed by atoms with Crippen molar-refractivity contribution < 1.29 is 26.3 Å². The van der Waals surface area contributed by atoms with E-state index in [2.05, 4.69) is 45.9 Å². The highest BCUT2D eigenvalue weighted by Gasteiger charge is 2.43. The van der Waals surface area contributed by atoms with Gasteiger partial charge in [-0.15, -0.1) is 0 Å². The van der Waals surface area contributed by atoms with E-state index < -0.39 is 29.9 Å². The second-order valence-electron chi connectivity index (χ2n) is 13.9. The molecule has 0 unspecified atom stereocenters. The van der Waals surface area contributed by atoms with Gasteiger partial charge < -0.3 is 10.6 Å². The first-order chi connectivity index (χ1) is 24.0. The van der Waals surface area contributed by atoms with Gasteiger partial charge in [0.25, 0.3) is 0 Å². The van der Waals surface area contributed by atoms with Gasteiger partial charge in [-0.2, -0.15) is 26.3 Å². The van der Waals surface area contributed by atoms with Crippen LogP contribution in [0.2, 0.25) is 0 Å². The Morgan fingerprint density at radius 3 is 1.88 bits per heavy atom. The van der Waals surface area contributed by atoms with E-state index in [1.807, 2.05) is 42.5 Å². The van der Waals surface area contributed by atoms with Crippen LogP contribution in [0.5, 0.6) is 0 Å². The van der Waals surface area contributed by atoms with E-state index in [1.54, 1.807) is 12.1 Å². The predicted molar refractivity (Wildman–Crippen MR) is 188 cm³/mol. The van der Waals surface area contributed by atoms with Crippen LogP contribution < -0.4 is 10.6 Å². The first-order valence-corrected chi connectivity index (χ1v) is 17.7. The summed E-state index contributed by atoms with van der Waals surface area (Å²) < 4.78 is 78.6. The van der Waals surface area contributed by atoms with Gasteiger partial charge in [-0.1, -0.05) is 97.8 Å². The third-order valence-corrected chi connectivity index (χ3v) is 10.5. The summed E-state index contributed by atoms with van der Waals surface area (Å²) in [5.74, 6) is 0.589. The normalized spacial score (nSPS) is 16.4. The molecule has 1 fully saturated rings. The molecule has 1 heterocycles. The van der Waals surface area contributed by atoms with E-state index >= 15 is 0 Å². The first kappa shape index (κ1) is 36.1. The molecule has 4 aromatic carbocycles. The molecule has 1 saturated heterocycles. The van der Waals surface area contributed by atoms with Crippen molar-refractivity contribution in [2.24, 2.45) is 5.92 Å². The number of rotatable bonds is 14. The molecule has 266 valence electrons. The lowest BCUT2D eigenvalue weighted by Gasteiger charge is -2.33. The number of fused-ring (bicyclic) bond motifs is 3. The molecular formula is C41H45F6N3. The highest BCUT2D eigenvalue weighted by atomic mass is 19.4. The third kappa shape index (κ3) is 8.61. The number of unbranched alkanes of at least 4 members (excludes halogenated alkanes) is 2. The summed E-state index contributed by atoms with van der Waals surface area (Å²) in [5.41, 5.74) is 6.21. The van der Waals surface area contributed by atoms with Crippen LogP contribution in [0.4, 0.5) is 26.3 Å². The summed E-state index contributed by atoms with van der Waals surface area (Å²) in [7, 11) is 0. The van der Waals surface area contributed by atoms with E-state index in [0.29, 0.717) is 5.92 Å². The van der Waals surface area contributed by atoms with E-state index in [9.17, 15) is 26.3 Å². The highest BCUT2D eigenvalue weighted by Crippen LogP contribution is 2.51. The van der Waals surface area contributed by atoms with Gasteiger partial charge in [0.2, 0.25) is 0 Å². The Bertz CT molecular complexity index is 1640. The maximum absolute atomic E-state index is 13.1. The topological polar surface area (TPSA) is 27.3 Å². The maximum atomic E-state index is 13.1. The zero-order chi connectivity index (χ0) is 35.2. The molecule has 0 amide bonds. The minimum Gasteiger partial charge on any atom is -0.316 e. The Kier molecular flexibility index (Phi) is 11.4. The van der Waals surface area contributed by atoms with Crippen molar-refractivity contribution >= 4 is 0 Å². The number of benzene rings is 4. The molecule has 1 aliphatic heterocycles. The van der Waals surface area contributed by atoms with Crippen molar-refractivity contribution in [3.05, 3.63) is 119 Å². The van der Waals surface area contributed by atoms with Gasteiger partial charge in [0.05, 0.1) is 12.1 Å². The summed E-state index contributed by atoms with van der Waals surface area (Å²) in [6, 6.07) is 29.6. The molecule has 50 heavy (non-hydrogen) atoms. The lowest BCUT2D eigenvalue weighted by Crippen LogP contribution is -2.41. The predicted octanol–water partition coefficient (Wildman–Crippen LogP) is 9.85. The van der Waals surface area contributed by atoms with Gasteiger partial charge >= 0.3 is 12.4 Å². The van der Waals surface area contributed by atoms with Gasteiger partial charge in [-0.25, -0.2) is 0 Å². The zero-order valence-corrected chi connectivity index (χ0v) is 28.2. The Labute approximate surface area is 291 Å². The maximum Gasteiger partial charge on any atom is 0.416 e. The Balaban J connectivity index is 0.948. The van der Waals surface area contributed by atoms with E-state index in [4.69, 9.17) is 0 Å². The van der Waals surface area contributed by atoms with Gasteiger partial charge in [0, 0.05) is 18.5 Å². The average Bonchev–Trinajstić information content (AvgIpc) is 3.37. The van der Waals surface area contributed by atoms with E-state index in [1.165, 1.54) is 0 Å². The standard InChI is InChI=1S/C41H45F6N3/c42-40(43,44)29-49-28-39(37-14-6-4-12-35(37)36-13-5-7-15-38(36)39)22-8-1-9-23-48-26-30-20-24-50(25-21-30)27-32-10-2-3-11-34(32)31-16-18-33(19-17-31)41(45,46)47/h2-7,10-19,30,48-49H,1,8-9,20-29H2. The third-order valence-electron chi connectivity index (χ3n) is 10.5. The number of alkyl halides is 6. The number of hydrogen-bond donors (Lipinski definition) is 2. The van der Waals surface area contributed by atoms with Crippen LogP contribution >= 0.6 is 0 Å². The quantitative estimate of drug-likeness (QED) is 0.102. The second kappa shape index (κ2) is 15.7. The molecule has 0 saturated carbocycles. The number of nitrogens with zero attached hydrogens (tertiary/aromatic N) is 1. The monoisotopic (exact) mass is 693 g/mol. The molecule has 9 heteroatoms. The van der Waals surface area contributed by atoms with Crippen LogP contribution in [0.1, 0.15) is 60.8 Å². The summed E-state index contributed by atoms with van der Waals surface area (Å²) in [6.07, 6.45) is -2.73. The molecule has 2 aliphatic rings. The largest absolute Gasteiger partial charge is 0.416 e. The molecular weight excluding hydrogens is 648 g/mol. The SMILES string of the molecule is FC(F)(F)CNCC1(CCCCCNCC2CCN(Cc3ccccc3-c3ccc(C(F)(F)F)cc3)CC2)c2ccccc2-c2ccccc21. The second-order valence-corrected chi connectivity index (χ2v) is 13.9. The van der Waals surface area contributed by atoms with Crippen LogP contribution in [0, 0.1) is 5.92 Å². The molecule has 0 bridgehead atoms. The van der Waals surface area contributed by atoms with Crippen LogP contribution in [0.25, 0.3) is 22.3 Å². The molecule has 2 N–H and O–H groups in total. The molecule has 4 aromatic rings. The van der Waals surface area contributed by atoms with E-state index in [0.717, 1.165) is 122 Å². The van der Waals surface area contributed by atoms with Gasteiger partial charge in [0.1, 0.15) is 0 Å². The fourth-order valence-electron chi connectivity index (χ4n) is 7.91. The van der Waals surface area contributed by atoms with Crippen molar-refractivity contribution in [1.82, 2.24) is 15.5 Å². The van der Waals surface area contributed by atoms with E-state index in [-0.39, 0.29) is 6.54 Å². The minimum atomic E-state index is -4.35. The van der Waals surface area contributed by atoms with Crippen LogP contribution in [-0.2, 0) is 18.1 Å². The van der Waals surface area contributed by atoms with Crippen molar-refractivity contribution in [2.75, 3.05) is 39.3 Å². The molecule has 0 spiro atoms. The number of nitrogens with one attached hydrogen (secondary N) is 2. The molecule has 0 aromatic heterocycles. The Morgan fingerprint density at radius 2 is 1.26 bits per heavy atom. The molecule has 0 atom stereocenters. The van der Waals surface area contributed by atoms with Crippen molar-refractivity contribution in [2.45, 2.75) is 62.8 Å². The van der Waals surface area contributed by atoms with Crippen molar-refractivity contribution in [1.29, 1.82) is 0 Å². The fourth-order valence-corrected chi connectivity index (χ4v) is 7.91.